The molecule has 2 atom stereocenters. The summed E-state index contributed by atoms with van der Waals surface area (Å²) in [6.07, 6.45) is -5.19. The summed E-state index contributed by atoms with van der Waals surface area (Å²) in [5.74, 6) is -0.496. The summed E-state index contributed by atoms with van der Waals surface area (Å²) in [6, 6.07) is 22.5. The highest BCUT2D eigenvalue weighted by Crippen LogP contribution is 2.32. The molecule has 0 bridgehead atoms. The number of aliphatic hydroxyl groups is 1. The van der Waals surface area contributed by atoms with Crippen molar-refractivity contribution in [3.8, 4) is 0 Å². The highest BCUT2D eigenvalue weighted by molar-refractivity contribution is 5.83. The molecule has 2 N–H and O–H groups in total. The summed E-state index contributed by atoms with van der Waals surface area (Å²) in [4.78, 5) is 0. The molecule has 0 amide bonds. The first kappa shape index (κ1) is 18.4. The van der Waals surface area contributed by atoms with Crippen molar-refractivity contribution in [3.05, 3.63) is 83.9 Å². The summed E-state index contributed by atoms with van der Waals surface area (Å²) >= 11 is 0. The monoisotopic (exact) mass is 359 g/mol. The first-order chi connectivity index (χ1) is 12.4. The number of hydrogen-bond acceptors (Lipinski definition) is 2. The average Bonchev–Trinajstić information content (AvgIpc) is 2.64. The van der Waals surface area contributed by atoms with Crippen molar-refractivity contribution in [1.29, 1.82) is 0 Å². The van der Waals surface area contributed by atoms with Crippen LogP contribution in [0.2, 0.25) is 0 Å². The molecule has 0 saturated carbocycles. The zero-order valence-electron chi connectivity index (χ0n) is 14.1. The van der Waals surface area contributed by atoms with Crippen LogP contribution in [0.3, 0.4) is 0 Å². The SMILES string of the molecule is OC(c1ccccc1)C(CNCC(F)(F)F)c1ccc2ccccc2c1. The van der Waals surface area contributed by atoms with Gasteiger partial charge in [-0.15, -0.1) is 0 Å². The van der Waals surface area contributed by atoms with Gasteiger partial charge in [0.25, 0.3) is 0 Å². The maximum Gasteiger partial charge on any atom is 0.401 e. The molecule has 0 aliphatic heterocycles. The maximum absolute atomic E-state index is 12.5. The van der Waals surface area contributed by atoms with Crippen LogP contribution in [0.5, 0.6) is 0 Å². The van der Waals surface area contributed by atoms with Crippen molar-refractivity contribution < 1.29 is 18.3 Å². The first-order valence-corrected chi connectivity index (χ1v) is 8.43. The van der Waals surface area contributed by atoms with Gasteiger partial charge >= 0.3 is 6.18 Å². The Balaban J connectivity index is 1.90. The minimum atomic E-state index is -4.29. The molecular formula is C21H20F3NO. The summed E-state index contributed by atoms with van der Waals surface area (Å²) in [7, 11) is 0. The van der Waals surface area contributed by atoms with Gasteiger partial charge < -0.3 is 10.4 Å². The fourth-order valence-electron chi connectivity index (χ4n) is 3.10. The molecule has 0 spiro atoms. The third kappa shape index (κ3) is 4.62. The van der Waals surface area contributed by atoms with Crippen LogP contribution in [-0.2, 0) is 0 Å². The van der Waals surface area contributed by atoms with Crippen LogP contribution in [0.4, 0.5) is 13.2 Å². The predicted molar refractivity (Wildman–Crippen MR) is 97.0 cm³/mol. The Kier molecular flexibility index (Phi) is 5.59. The summed E-state index contributed by atoms with van der Waals surface area (Å²) in [5.41, 5.74) is 1.48. The molecule has 3 aromatic rings. The molecule has 2 nitrogen and oxygen atoms in total. The lowest BCUT2D eigenvalue weighted by Gasteiger charge is -2.25. The van der Waals surface area contributed by atoms with Crippen LogP contribution >= 0.6 is 0 Å². The molecule has 0 fully saturated rings. The zero-order valence-corrected chi connectivity index (χ0v) is 14.1. The van der Waals surface area contributed by atoms with Gasteiger partial charge in [-0.2, -0.15) is 13.2 Å². The van der Waals surface area contributed by atoms with E-state index in [1.165, 1.54) is 0 Å². The number of benzene rings is 3. The molecule has 0 aliphatic carbocycles. The van der Waals surface area contributed by atoms with Gasteiger partial charge in [-0.05, 0) is 21.9 Å². The molecule has 0 radical (unpaired) electrons. The average molecular weight is 359 g/mol. The second kappa shape index (κ2) is 7.89. The number of hydrogen-bond donors (Lipinski definition) is 2. The van der Waals surface area contributed by atoms with Gasteiger partial charge in [0.05, 0.1) is 12.6 Å². The zero-order chi connectivity index (χ0) is 18.6. The molecule has 0 heterocycles. The molecule has 26 heavy (non-hydrogen) atoms. The van der Waals surface area contributed by atoms with E-state index in [2.05, 4.69) is 5.32 Å². The number of halogens is 3. The number of alkyl halides is 3. The lowest BCUT2D eigenvalue weighted by molar-refractivity contribution is -0.125. The Morgan fingerprint density at radius 1 is 0.808 bits per heavy atom. The maximum atomic E-state index is 12.5. The van der Waals surface area contributed by atoms with Gasteiger partial charge in [0.15, 0.2) is 0 Å². The Hall–Kier alpha value is -2.37. The van der Waals surface area contributed by atoms with Crippen molar-refractivity contribution >= 4 is 10.8 Å². The third-order valence-corrected chi connectivity index (χ3v) is 4.41. The van der Waals surface area contributed by atoms with Crippen molar-refractivity contribution in [3.63, 3.8) is 0 Å². The van der Waals surface area contributed by atoms with E-state index in [0.717, 1.165) is 16.3 Å². The number of nitrogens with one attached hydrogen (secondary N) is 1. The van der Waals surface area contributed by atoms with Gasteiger partial charge in [-0.1, -0.05) is 72.8 Å². The third-order valence-electron chi connectivity index (χ3n) is 4.41. The largest absolute Gasteiger partial charge is 0.401 e. The predicted octanol–water partition coefficient (Wildman–Crippen LogP) is 4.81. The van der Waals surface area contributed by atoms with Crippen molar-refractivity contribution in [2.75, 3.05) is 13.1 Å². The van der Waals surface area contributed by atoms with Gasteiger partial charge in [-0.25, -0.2) is 0 Å². The molecule has 2 unspecified atom stereocenters. The minimum absolute atomic E-state index is 0.0217. The molecule has 0 saturated heterocycles. The van der Waals surface area contributed by atoms with Crippen LogP contribution in [0, 0.1) is 0 Å². The van der Waals surface area contributed by atoms with E-state index < -0.39 is 24.7 Å². The van der Waals surface area contributed by atoms with Crippen LogP contribution in [0.15, 0.2) is 72.8 Å². The molecule has 136 valence electrons. The lowest BCUT2D eigenvalue weighted by atomic mass is 9.88. The second-order valence-electron chi connectivity index (χ2n) is 6.31. The van der Waals surface area contributed by atoms with E-state index in [1.54, 1.807) is 24.3 Å². The summed E-state index contributed by atoms with van der Waals surface area (Å²) < 4.78 is 37.5. The van der Waals surface area contributed by atoms with Gasteiger partial charge in [-0.3, -0.25) is 0 Å². The van der Waals surface area contributed by atoms with E-state index in [4.69, 9.17) is 0 Å². The topological polar surface area (TPSA) is 32.3 Å². The van der Waals surface area contributed by atoms with E-state index in [0.29, 0.717) is 5.56 Å². The fraction of sp³-hybridized carbons (Fsp3) is 0.238. The second-order valence-corrected chi connectivity index (χ2v) is 6.31. The van der Waals surface area contributed by atoms with Crippen LogP contribution in [0.25, 0.3) is 10.8 Å². The van der Waals surface area contributed by atoms with E-state index >= 15 is 0 Å². The van der Waals surface area contributed by atoms with Crippen LogP contribution in [-0.4, -0.2) is 24.4 Å². The fourth-order valence-corrected chi connectivity index (χ4v) is 3.10. The Morgan fingerprint density at radius 2 is 1.46 bits per heavy atom. The van der Waals surface area contributed by atoms with E-state index in [1.807, 2.05) is 48.5 Å². The van der Waals surface area contributed by atoms with Gasteiger partial charge in [0.1, 0.15) is 0 Å². The molecule has 3 rings (SSSR count). The highest BCUT2D eigenvalue weighted by atomic mass is 19.4. The number of aliphatic hydroxyl groups excluding tert-OH is 1. The Labute approximate surface area is 150 Å². The summed E-state index contributed by atoms with van der Waals surface area (Å²) in [6.45, 7) is -1.06. The van der Waals surface area contributed by atoms with Gasteiger partial charge in [0.2, 0.25) is 0 Å². The first-order valence-electron chi connectivity index (χ1n) is 8.43. The molecule has 0 aromatic heterocycles. The molecule has 0 aliphatic rings. The number of rotatable bonds is 6. The lowest BCUT2D eigenvalue weighted by Crippen LogP contribution is -2.33. The highest BCUT2D eigenvalue weighted by Gasteiger charge is 2.29. The van der Waals surface area contributed by atoms with Crippen molar-refractivity contribution in [2.24, 2.45) is 0 Å². The molecular weight excluding hydrogens is 339 g/mol. The van der Waals surface area contributed by atoms with Crippen LogP contribution in [0.1, 0.15) is 23.1 Å². The normalized spacial score (nSPS) is 14.3. The van der Waals surface area contributed by atoms with Crippen molar-refractivity contribution in [1.82, 2.24) is 5.32 Å². The van der Waals surface area contributed by atoms with E-state index in [-0.39, 0.29) is 6.54 Å². The molecule has 3 aromatic carbocycles. The molecule has 5 heteroatoms. The Morgan fingerprint density at radius 3 is 2.15 bits per heavy atom. The summed E-state index contributed by atoms with van der Waals surface area (Å²) in [5, 5.41) is 15.3. The van der Waals surface area contributed by atoms with E-state index in [9.17, 15) is 18.3 Å². The van der Waals surface area contributed by atoms with Crippen molar-refractivity contribution in [2.45, 2.75) is 18.2 Å². The number of fused-ring (bicyclic) bond motifs is 1. The Bertz CT molecular complexity index is 849. The minimum Gasteiger partial charge on any atom is -0.388 e. The quantitative estimate of drug-likeness (QED) is 0.662. The standard InChI is InChI=1S/C21H20F3NO/c22-21(23,24)14-25-13-19(20(26)16-7-2-1-3-8-16)18-11-10-15-6-4-5-9-17(15)12-18/h1-12,19-20,25-26H,13-14H2. The smallest absolute Gasteiger partial charge is 0.388 e. The van der Waals surface area contributed by atoms with Crippen LogP contribution < -0.4 is 5.32 Å². The van der Waals surface area contributed by atoms with Gasteiger partial charge in [0, 0.05) is 12.5 Å².